The molecule has 1 amide bonds. The first-order valence-electron chi connectivity index (χ1n) is 5.51. The zero-order valence-electron chi connectivity index (χ0n) is 10.0. The summed E-state index contributed by atoms with van der Waals surface area (Å²) in [6.45, 7) is 4.06. The van der Waals surface area contributed by atoms with Gasteiger partial charge in [0, 0.05) is 19.8 Å². The SMILES string of the molecule is CCC(O)(CC)CNC(=O)c1ccn(C)n1. The fourth-order valence-corrected chi connectivity index (χ4v) is 1.37. The Hall–Kier alpha value is -1.36. The zero-order chi connectivity index (χ0) is 12.2. The van der Waals surface area contributed by atoms with E-state index < -0.39 is 5.60 Å². The Morgan fingerprint density at radius 1 is 1.56 bits per heavy atom. The van der Waals surface area contributed by atoms with E-state index in [0.717, 1.165) is 0 Å². The molecule has 1 aromatic rings. The van der Waals surface area contributed by atoms with Gasteiger partial charge in [0.2, 0.25) is 0 Å². The Labute approximate surface area is 95.5 Å². The van der Waals surface area contributed by atoms with Crippen molar-refractivity contribution in [1.82, 2.24) is 15.1 Å². The van der Waals surface area contributed by atoms with E-state index in [2.05, 4.69) is 10.4 Å². The number of hydrogen-bond acceptors (Lipinski definition) is 3. The first-order valence-corrected chi connectivity index (χ1v) is 5.51. The number of hydrogen-bond donors (Lipinski definition) is 2. The molecule has 0 atom stereocenters. The van der Waals surface area contributed by atoms with Crippen LogP contribution in [-0.2, 0) is 7.05 Å². The molecule has 0 aliphatic heterocycles. The van der Waals surface area contributed by atoms with Crippen LogP contribution in [0.4, 0.5) is 0 Å². The Balaban J connectivity index is 2.53. The van der Waals surface area contributed by atoms with Gasteiger partial charge in [0.05, 0.1) is 5.60 Å². The second kappa shape index (κ2) is 5.12. The number of nitrogens with one attached hydrogen (secondary N) is 1. The normalized spacial score (nSPS) is 11.5. The summed E-state index contributed by atoms with van der Waals surface area (Å²) in [5, 5.41) is 16.7. The van der Waals surface area contributed by atoms with Crippen LogP contribution in [0.15, 0.2) is 12.3 Å². The lowest BCUT2D eigenvalue weighted by Gasteiger charge is -2.25. The maximum absolute atomic E-state index is 11.6. The maximum atomic E-state index is 11.6. The van der Waals surface area contributed by atoms with Gasteiger partial charge in [-0.15, -0.1) is 0 Å². The molecule has 0 radical (unpaired) electrons. The summed E-state index contributed by atoms with van der Waals surface area (Å²) in [6, 6.07) is 1.65. The lowest BCUT2D eigenvalue weighted by Crippen LogP contribution is -2.42. The highest BCUT2D eigenvalue weighted by molar-refractivity contribution is 5.92. The van der Waals surface area contributed by atoms with E-state index in [-0.39, 0.29) is 12.5 Å². The van der Waals surface area contributed by atoms with Crippen LogP contribution in [0.25, 0.3) is 0 Å². The highest BCUT2D eigenvalue weighted by Gasteiger charge is 2.23. The van der Waals surface area contributed by atoms with Crippen LogP contribution >= 0.6 is 0 Å². The molecule has 0 aliphatic carbocycles. The molecule has 0 aromatic carbocycles. The molecule has 16 heavy (non-hydrogen) atoms. The number of rotatable bonds is 5. The Bertz CT molecular complexity index is 356. The predicted molar refractivity (Wildman–Crippen MR) is 61.1 cm³/mol. The Kier molecular flexibility index (Phi) is 4.06. The largest absolute Gasteiger partial charge is 0.388 e. The molecule has 0 saturated carbocycles. The van der Waals surface area contributed by atoms with Crippen LogP contribution in [0.3, 0.4) is 0 Å². The van der Waals surface area contributed by atoms with Crippen LogP contribution in [-0.4, -0.2) is 32.9 Å². The molecule has 0 bridgehead atoms. The Morgan fingerprint density at radius 3 is 2.62 bits per heavy atom. The van der Waals surface area contributed by atoms with Gasteiger partial charge >= 0.3 is 0 Å². The average Bonchev–Trinajstić information content (AvgIpc) is 2.72. The smallest absolute Gasteiger partial charge is 0.271 e. The third kappa shape index (κ3) is 3.06. The molecular formula is C11H19N3O2. The minimum absolute atomic E-state index is 0.249. The van der Waals surface area contributed by atoms with Crippen LogP contribution in [0, 0.1) is 0 Å². The Morgan fingerprint density at radius 2 is 2.19 bits per heavy atom. The van der Waals surface area contributed by atoms with Crippen LogP contribution in [0.2, 0.25) is 0 Å². The molecule has 0 saturated heterocycles. The van der Waals surface area contributed by atoms with E-state index in [9.17, 15) is 9.90 Å². The summed E-state index contributed by atoms with van der Waals surface area (Å²) in [7, 11) is 1.76. The number of nitrogens with zero attached hydrogens (tertiary/aromatic N) is 2. The summed E-state index contributed by atoms with van der Waals surface area (Å²) in [6.07, 6.45) is 2.94. The molecule has 5 heteroatoms. The van der Waals surface area contributed by atoms with Gasteiger partial charge in [-0.1, -0.05) is 13.8 Å². The molecular weight excluding hydrogens is 206 g/mol. The van der Waals surface area contributed by atoms with E-state index in [1.54, 1.807) is 24.0 Å². The molecule has 0 spiro atoms. The summed E-state index contributed by atoms with van der Waals surface area (Å²) in [5.41, 5.74) is -0.443. The summed E-state index contributed by atoms with van der Waals surface area (Å²) in [5.74, 6) is -0.249. The van der Waals surface area contributed by atoms with Gasteiger partial charge in [0.1, 0.15) is 5.69 Å². The van der Waals surface area contributed by atoms with E-state index in [4.69, 9.17) is 0 Å². The van der Waals surface area contributed by atoms with Gasteiger partial charge in [0.25, 0.3) is 5.91 Å². The fraction of sp³-hybridized carbons (Fsp3) is 0.636. The molecule has 2 N–H and O–H groups in total. The number of aryl methyl sites for hydroxylation is 1. The topological polar surface area (TPSA) is 67.2 Å². The van der Waals surface area contributed by atoms with Crippen molar-refractivity contribution in [1.29, 1.82) is 0 Å². The van der Waals surface area contributed by atoms with Gasteiger partial charge in [-0.2, -0.15) is 5.10 Å². The van der Waals surface area contributed by atoms with Crippen LogP contribution in [0.5, 0.6) is 0 Å². The number of aromatic nitrogens is 2. The van der Waals surface area contributed by atoms with Crippen molar-refractivity contribution in [2.24, 2.45) is 7.05 Å². The van der Waals surface area contributed by atoms with Crippen LogP contribution < -0.4 is 5.32 Å². The monoisotopic (exact) mass is 225 g/mol. The van der Waals surface area contributed by atoms with E-state index in [0.29, 0.717) is 18.5 Å². The van der Waals surface area contributed by atoms with Gasteiger partial charge < -0.3 is 10.4 Å². The molecule has 1 heterocycles. The average molecular weight is 225 g/mol. The lowest BCUT2D eigenvalue weighted by molar-refractivity contribution is 0.0313. The molecule has 1 aromatic heterocycles. The summed E-state index contributed by atoms with van der Waals surface area (Å²) >= 11 is 0. The van der Waals surface area contributed by atoms with Crippen molar-refractivity contribution in [3.05, 3.63) is 18.0 Å². The van der Waals surface area contributed by atoms with Gasteiger partial charge in [-0.05, 0) is 18.9 Å². The van der Waals surface area contributed by atoms with Crippen molar-refractivity contribution < 1.29 is 9.90 Å². The standard InChI is InChI=1S/C11H19N3O2/c1-4-11(16,5-2)8-12-10(15)9-6-7-14(3)13-9/h6-7,16H,4-5,8H2,1-3H3,(H,12,15). The molecule has 0 aliphatic rings. The number of amides is 1. The van der Waals surface area contributed by atoms with Crippen molar-refractivity contribution in [3.63, 3.8) is 0 Å². The van der Waals surface area contributed by atoms with Gasteiger partial charge in [-0.25, -0.2) is 0 Å². The number of carbonyl (C=O) groups excluding carboxylic acids is 1. The lowest BCUT2D eigenvalue weighted by atomic mass is 9.97. The van der Waals surface area contributed by atoms with Crippen molar-refractivity contribution in [2.75, 3.05) is 6.54 Å². The molecule has 1 rings (SSSR count). The first-order chi connectivity index (χ1) is 7.50. The van der Waals surface area contributed by atoms with Crippen molar-refractivity contribution in [2.45, 2.75) is 32.3 Å². The number of carbonyl (C=O) groups is 1. The highest BCUT2D eigenvalue weighted by atomic mass is 16.3. The predicted octanol–water partition coefficient (Wildman–Crippen LogP) is 0.701. The molecule has 5 nitrogen and oxygen atoms in total. The quantitative estimate of drug-likeness (QED) is 0.775. The minimum Gasteiger partial charge on any atom is -0.388 e. The third-order valence-electron chi connectivity index (χ3n) is 2.84. The van der Waals surface area contributed by atoms with Gasteiger partial charge in [-0.3, -0.25) is 9.48 Å². The fourth-order valence-electron chi connectivity index (χ4n) is 1.37. The number of aliphatic hydroxyl groups is 1. The second-order valence-corrected chi connectivity index (χ2v) is 3.99. The van der Waals surface area contributed by atoms with E-state index in [1.165, 1.54) is 0 Å². The van der Waals surface area contributed by atoms with E-state index in [1.807, 2.05) is 13.8 Å². The molecule has 90 valence electrons. The summed E-state index contributed by atoms with van der Waals surface area (Å²) < 4.78 is 1.57. The maximum Gasteiger partial charge on any atom is 0.271 e. The zero-order valence-corrected chi connectivity index (χ0v) is 10.0. The molecule has 0 fully saturated rings. The van der Waals surface area contributed by atoms with Crippen molar-refractivity contribution >= 4 is 5.91 Å². The first kappa shape index (κ1) is 12.7. The van der Waals surface area contributed by atoms with Crippen molar-refractivity contribution in [3.8, 4) is 0 Å². The van der Waals surface area contributed by atoms with Crippen LogP contribution in [0.1, 0.15) is 37.2 Å². The highest BCUT2D eigenvalue weighted by Crippen LogP contribution is 2.12. The molecule has 0 unspecified atom stereocenters. The van der Waals surface area contributed by atoms with E-state index >= 15 is 0 Å². The second-order valence-electron chi connectivity index (χ2n) is 3.99. The third-order valence-corrected chi connectivity index (χ3v) is 2.84. The minimum atomic E-state index is -0.815. The summed E-state index contributed by atoms with van der Waals surface area (Å²) in [4.78, 5) is 11.6. The van der Waals surface area contributed by atoms with Gasteiger partial charge in [0.15, 0.2) is 0 Å².